The molecule has 2 heterocycles. The molecule has 6 nitrogen and oxygen atoms in total. The van der Waals surface area contributed by atoms with Crippen molar-refractivity contribution in [3.8, 4) is 11.1 Å². The van der Waals surface area contributed by atoms with Gasteiger partial charge in [0.2, 0.25) is 0 Å². The molecule has 198 valence electrons. The van der Waals surface area contributed by atoms with E-state index in [0.29, 0.717) is 24.7 Å². The van der Waals surface area contributed by atoms with Gasteiger partial charge < -0.3 is 44.2 Å². The molecule has 2 aliphatic heterocycles. The molecule has 2 fully saturated rings. The van der Waals surface area contributed by atoms with Crippen LogP contribution in [0.2, 0.25) is 0 Å². The van der Waals surface area contributed by atoms with Gasteiger partial charge in [0.25, 0.3) is 0 Å². The average molecular weight is 626 g/mol. The zero-order valence-electron chi connectivity index (χ0n) is 20.7. The Bertz CT molecular complexity index is 873. The van der Waals surface area contributed by atoms with E-state index < -0.39 is 0 Å². The minimum absolute atomic E-state index is 0. The number of amides is 2. The second-order valence-electron chi connectivity index (χ2n) is 10.1. The molecular formula is C28H38Br2N2O4. The second-order valence-corrected chi connectivity index (χ2v) is 10.1. The fraction of sp³-hybridized carbons (Fsp3) is 0.500. The summed E-state index contributed by atoms with van der Waals surface area (Å²) in [5.74, 6) is 1.18. The van der Waals surface area contributed by atoms with Gasteiger partial charge in [0.1, 0.15) is 0 Å². The third-order valence-electron chi connectivity index (χ3n) is 7.69. The highest BCUT2D eigenvalue weighted by atomic mass is 79.9. The summed E-state index contributed by atoms with van der Waals surface area (Å²) >= 11 is 0. The third kappa shape index (κ3) is 8.30. The summed E-state index contributed by atoms with van der Waals surface area (Å²) in [6, 6.07) is 16.4. The van der Waals surface area contributed by atoms with Crippen LogP contribution in [-0.2, 0) is 22.4 Å². The van der Waals surface area contributed by atoms with Crippen molar-refractivity contribution in [2.24, 2.45) is 11.8 Å². The molecule has 4 rings (SSSR count). The van der Waals surface area contributed by atoms with Gasteiger partial charge in [0, 0.05) is 38.9 Å². The van der Waals surface area contributed by atoms with Gasteiger partial charge in [-0.15, -0.1) is 0 Å². The molecule has 8 heteroatoms. The highest BCUT2D eigenvalue weighted by Crippen LogP contribution is 2.21. The molecule has 2 aromatic rings. The van der Waals surface area contributed by atoms with Gasteiger partial charge in [-0.1, -0.05) is 48.5 Å². The Kier molecular flexibility index (Phi) is 12.9. The lowest BCUT2D eigenvalue weighted by Gasteiger charge is -2.26. The van der Waals surface area contributed by atoms with Crippen LogP contribution in [0.5, 0.6) is 0 Å². The number of hydrogen-bond acceptors (Lipinski definition) is 4. The van der Waals surface area contributed by atoms with Gasteiger partial charge >= 0.3 is 11.8 Å². The van der Waals surface area contributed by atoms with Gasteiger partial charge in [-0.25, -0.2) is 9.59 Å². The summed E-state index contributed by atoms with van der Waals surface area (Å²) in [4.78, 5) is 27.4. The molecular weight excluding hydrogens is 588 g/mol. The number of piperidine rings is 2. The van der Waals surface area contributed by atoms with Gasteiger partial charge in [-0.05, 0) is 34.1 Å². The highest BCUT2D eigenvalue weighted by molar-refractivity contribution is 5.72. The molecule has 0 aromatic heterocycles. The van der Waals surface area contributed by atoms with Crippen LogP contribution in [-0.4, -0.2) is 61.4 Å². The standard InChI is InChI=1S/C28H36N2O4.2BrH/c31-19-23-9-13-29(14-10-23)27(33)17-21-1-5-25(6-2-21)26-7-3-22(4-8-26)18-28(34)30-15-11-24(20-32)12-16-30;;/h1-8,23-24,31-32H,9-20H2;2*1H. The molecule has 0 radical (unpaired) electrons. The zero-order chi connectivity index (χ0) is 23.9. The van der Waals surface area contributed by atoms with Crippen molar-refractivity contribution in [1.29, 1.82) is 0 Å². The lowest BCUT2D eigenvalue weighted by Crippen LogP contribution is -3.15. The fourth-order valence-electron chi connectivity index (χ4n) is 5.23. The predicted octanol–water partition coefficient (Wildman–Crippen LogP) is -5.93. The Labute approximate surface area is 235 Å². The Balaban J connectivity index is 0.00000228. The highest BCUT2D eigenvalue weighted by Gasteiger charge is 2.28. The van der Waals surface area contributed by atoms with E-state index in [1.807, 2.05) is 24.3 Å². The first-order valence-corrected chi connectivity index (χ1v) is 12.7. The number of aliphatic hydroxyl groups excluding tert-OH is 2. The molecule has 2 amide bonds. The maximum absolute atomic E-state index is 12.6. The maximum atomic E-state index is 12.6. The molecule has 0 aliphatic carbocycles. The van der Waals surface area contributed by atoms with E-state index in [1.165, 1.54) is 0 Å². The van der Waals surface area contributed by atoms with Crippen molar-refractivity contribution < 1.29 is 63.6 Å². The summed E-state index contributed by atoms with van der Waals surface area (Å²) in [5, 5.41) is 18.6. The van der Waals surface area contributed by atoms with Crippen molar-refractivity contribution >= 4 is 11.8 Å². The van der Waals surface area contributed by atoms with Crippen LogP contribution in [0.3, 0.4) is 0 Å². The van der Waals surface area contributed by atoms with E-state index in [1.54, 1.807) is 0 Å². The molecule has 0 atom stereocenters. The topological polar surface area (TPSA) is 83.5 Å². The van der Waals surface area contributed by atoms with Crippen LogP contribution in [0, 0.1) is 11.8 Å². The molecule has 0 bridgehead atoms. The first-order chi connectivity index (χ1) is 16.6. The lowest BCUT2D eigenvalue weighted by atomic mass is 9.96. The first kappa shape index (κ1) is 30.8. The largest absolute Gasteiger partial charge is 1.00 e. The van der Waals surface area contributed by atoms with Crippen LogP contribution in [0.15, 0.2) is 48.5 Å². The number of carbonyl (C=O) groups is 2. The van der Waals surface area contributed by atoms with Crippen molar-refractivity contribution in [1.82, 2.24) is 0 Å². The van der Waals surface area contributed by atoms with Crippen LogP contribution >= 0.6 is 0 Å². The van der Waals surface area contributed by atoms with Gasteiger partial charge in [-0.3, -0.25) is 9.80 Å². The summed E-state index contributed by atoms with van der Waals surface area (Å²) in [7, 11) is 0. The van der Waals surface area contributed by atoms with E-state index >= 15 is 0 Å². The number of carbonyl (C=O) groups excluding carboxylic acids is 2. The molecule has 0 spiro atoms. The summed E-state index contributed by atoms with van der Waals surface area (Å²) in [6.07, 6.45) is 4.56. The average Bonchev–Trinajstić information content (AvgIpc) is 2.89. The number of rotatable bonds is 7. The Morgan fingerprint density at radius 1 is 0.611 bits per heavy atom. The lowest BCUT2D eigenvalue weighted by molar-refractivity contribution is -0.828. The number of benzene rings is 2. The molecule has 2 aromatic carbocycles. The van der Waals surface area contributed by atoms with Gasteiger partial charge in [-0.2, -0.15) is 0 Å². The fourth-order valence-corrected chi connectivity index (χ4v) is 5.23. The monoisotopic (exact) mass is 624 g/mol. The Morgan fingerprint density at radius 3 is 1.19 bits per heavy atom. The van der Waals surface area contributed by atoms with Crippen LogP contribution in [0.1, 0.15) is 36.8 Å². The van der Waals surface area contributed by atoms with Crippen LogP contribution in [0.4, 0.5) is 0 Å². The third-order valence-corrected chi connectivity index (χ3v) is 7.69. The van der Waals surface area contributed by atoms with E-state index in [0.717, 1.165) is 83.9 Å². The summed E-state index contributed by atoms with van der Waals surface area (Å²) in [6.45, 7) is 3.73. The van der Waals surface area contributed by atoms with Crippen molar-refractivity contribution in [2.45, 2.75) is 38.5 Å². The number of aliphatic hydroxyl groups is 2. The number of hydrogen-bond donors (Lipinski definition) is 4. The molecule has 0 saturated carbocycles. The number of quaternary nitrogens is 2. The molecule has 2 aliphatic rings. The van der Waals surface area contributed by atoms with E-state index in [9.17, 15) is 19.8 Å². The zero-order valence-corrected chi connectivity index (χ0v) is 23.9. The van der Waals surface area contributed by atoms with E-state index in [-0.39, 0.29) is 59.0 Å². The maximum Gasteiger partial charge on any atom is 0.316 e. The Hall–Kier alpha value is -1.42. The van der Waals surface area contributed by atoms with Crippen molar-refractivity contribution in [3.63, 3.8) is 0 Å². The molecule has 2 saturated heterocycles. The summed E-state index contributed by atoms with van der Waals surface area (Å²) < 4.78 is 0. The summed E-state index contributed by atoms with van der Waals surface area (Å²) in [5.41, 5.74) is 4.25. The minimum Gasteiger partial charge on any atom is -1.00 e. The van der Waals surface area contributed by atoms with E-state index in [2.05, 4.69) is 24.3 Å². The van der Waals surface area contributed by atoms with Crippen LogP contribution in [0.25, 0.3) is 11.1 Å². The van der Waals surface area contributed by atoms with E-state index in [4.69, 9.17) is 0 Å². The normalized spacial score (nSPS) is 23.7. The minimum atomic E-state index is 0. The quantitative estimate of drug-likeness (QED) is 0.247. The predicted molar refractivity (Wildman–Crippen MR) is 130 cm³/mol. The SMILES string of the molecule is O=C(Cc1ccc(-c2ccc(CC(=O)[NH+]3CCC(CO)CC3)cc2)cc1)[NH+]1CCC(CO)CC1.[Br-].[Br-]. The second kappa shape index (κ2) is 15.1. The first-order valence-electron chi connectivity index (χ1n) is 12.7. The number of nitrogens with one attached hydrogen (secondary N) is 2. The van der Waals surface area contributed by atoms with Crippen molar-refractivity contribution in [2.75, 3.05) is 39.4 Å². The number of halogens is 2. The molecule has 0 unspecified atom stereocenters. The van der Waals surface area contributed by atoms with Gasteiger partial charge in [0.15, 0.2) is 0 Å². The smallest absolute Gasteiger partial charge is 0.316 e. The van der Waals surface area contributed by atoms with Crippen LogP contribution < -0.4 is 43.8 Å². The number of likely N-dealkylation sites (tertiary alicyclic amines) is 2. The Morgan fingerprint density at radius 2 is 0.917 bits per heavy atom. The van der Waals surface area contributed by atoms with Crippen molar-refractivity contribution in [3.05, 3.63) is 59.7 Å². The van der Waals surface area contributed by atoms with Gasteiger partial charge in [0.05, 0.1) is 39.0 Å². The molecule has 36 heavy (non-hydrogen) atoms. The molecule has 4 N–H and O–H groups in total.